The number of amides is 2. The molecule has 0 atom stereocenters. The highest BCUT2D eigenvalue weighted by Crippen LogP contribution is 2.17. The van der Waals surface area contributed by atoms with E-state index in [1.54, 1.807) is 0 Å². The molecule has 1 aromatic carbocycles. The van der Waals surface area contributed by atoms with E-state index in [-0.39, 0.29) is 23.9 Å². The minimum Gasteiger partial charge on any atom is -0.375 e. The van der Waals surface area contributed by atoms with Crippen LogP contribution in [0.3, 0.4) is 0 Å². The third-order valence-corrected chi connectivity index (χ3v) is 2.62. The van der Waals surface area contributed by atoms with Gasteiger partial charge in [-0.3, -0.25) is 9.59 Å². The lowest BCUT2D eigenvalue weighted by atomic mass is 10.3. The highest BCUT2D eigenvalue weighted by atomic mass is 16.5. The van der Waals surface area contributed by atoms with E-state index in [0.29, 0.717) is 0 Å². The molecule has 8 heteroatoms. The standard InChI is InChI=1S/C14H15N5O3/c1-22-8-11(20)18-13-10(12(15)21)7-16-14(19-13)17-9-5-3-2-4-6-9/h2-7H,8H2,1H3,(H2,15,21)(H2,16,17,18,19,20). The molecule has 0 saturated heterocycles. The fraction of sp³-hybridized carbons (Fsp3) is 0.143. The molecule has 2 rings (SSSR count). The van der Waals surface area contributed by atoms with Gasteiger partial charge in [-0.05, 0) is 12.1 Å². The van der Waals surface area contributed by atoms with E-state index in [0.717, 1.165) is 5.69 Å². The summed E-state index contributed by atoms with van der Waals surface area (Å²) < 4.78 is 4.71. The number of nitrogens with one attached hydrogen (secondary N) is 2. The van der Waals surface area contributed by atoms with E-state index < -0.39 is 11.8 Å². The van der Waals surface area contributed by atoms with E-state index in [1.165, 1.54) is 13.3 Å². The molecule has 0 aliphatic heterocycles. The first-order valence-corrected chi connectivity index (χ1v) is 6.38. The first kappa shape index (κ1) is 15.4. The number of ether oxygens (including phenoxy) is 1. The third kappa shape index (κ3) is 4.00. The monoisotopic (exact) mass is 301 g/mol. The lowest BCUT2D eigenvalue weighted by Gasteiger charge is -2.10. The van der Waals surface area contributed by atoms with Crippen LogP contribution in [-0.2, 0) is 9.53 Å². The van der Waals surface area contributed by atoms with Crippen LogP contribution in [0.2, 0.25) is 0 Å². The molecule has 0 bridgehead atoms. The Morgan fingerprint density at radius 1 is 1.27 bits per heavy atom. The van der Waals surface area contributed by atoms with Crippen molar-refractivity contribution in [2.75, 3.05) is 24.4 Å². The Bertz CT molecular complexity index is 675. The van der Waals surface area contributed by atoms with E-state index in [2.05, 4.69) is 20.6 Å². The second-order valence-electron chi connectivity index (χ2n) is 4.29. The van der Waals surface area contributed by atoms with Crippen molar-refractivity contribution in [1.29, 1.82) is 0 Å². The lowest BCUT2D eigenvalue weighted by molar-refractivity contribution is -0.119. The largest absolute Gasteiger partial charge is 0.375 e. The van der Waals surface area contributed by atoms with Gasteiger partial charge in [0.2, 0.25) is 5.95 Å². The number of methoxy groups -OCH3 is 1. The molecule has 4 N–H and O–H groups in total. The molecule has 0 aliphatic carbocycles. The number of carbonyl (C=O) groups excluding carboxylic acids is 2. The Morgan fingerprint density at radius 2 is 2.00 bits per heavy atom. The topological polar surface area (TPSA) is 119 Å². The van der Waals surface area contributed by atoms with Gasteiger partial charge < -0.3 is 21.1 Å². The van der Waals surface area contributed by atoms with Gasteiger partial charge in [0.15, 0.2) is 5.82 Å². The summed E-state index contributed by atoms with van der Waals surface area (Å²) in [6.45, 7) is -0.163. The normalized spacial score (nSPS) is 10.0. The first-order valence-electron chi connectivity index (χ1n) is 6.38. The predicted octanol–water partition coefficient (Wildman–Crippen LogP) is 0.904. The molecule has 0 unspecified atom stereocenters. The van der Waals surface area contributed by atoms with Crippen LogP contribution in [0.5, 0.6) is 0 Å². The number of anilines is 3. The number of para-hydroxylation sites is 1. The first-order chi connectivity index (χ1) is 10.6. The number of hydrogen-bond acceptors (Lipinski definition) is 6. The van der Waals surface area contributed by atoms with E-state index in [9.17, 15) is 9.59 Å². The van der Waals surface area contributed by atoms with Crippen LogP contribution >= 0.6 is 0 Å². The molecule has 0 fully saturated rings. The zero-order valence-corrected chi connectivity index (χ0v) is 11.9. The number of hydrogen-bond donors (Lipinski definition) is 3. The van der Waals surface area contributed by atoms with Gasteiger partial charge in [0.05, 0.1) is 0 Å². The second-order valence-corrected chi connectivity index (χ2v) is 4.29. The summed E-state index contributed by atoms with van der Waals surface area (Å²) in [5, 5.41) is 5.42. The summed E-state index contributed by atoms with van der Waals surface area (Å²) in [6, 6.07) is 9.23. The minimum atomic E-state index is -0.737. The summed E-state index contributed by atoms with van der Waals surface area (Å²) in [5.41, 5.74) is 6.03. The number of aromatic nitrogens is 2. The van der Waals surface area contributed by atoms with Crippen LogP contribution in [0.15, 0.2) is 36.5 Å². The molecule has 22 heavy (non-hydrogen) atoms. The van der Waals surface area contributed by atoms with Crippen LogP contribution in [0.4, 0.5) is 17.5 Å². The smallest absolute Gasteiger partial charge is 0.254 e. The van der Waals surface area contributed by atoms with Crippen molar-refractivity contribution in [3.63, 3.8) is 0 Å². The number of carbonyl (C=O) groups is 2. The SMILES string of the molecule is COCC(=O)Nc1nc(Nc2ccccc2)ncc1C(N)=O. The fourth-order valence-electron chi connectivity index (χ4n) is 1.67. The minimum absolute atomic E-state index is 0.0167. The highest BCUT2D eigenvalue weighted by molar-refractivity contribution is 6.02. The highest BCUT2D eigenvalue weighted by Gasteiger charge is 2.14. The Labute approximate surface area is 126 Å². The maximum atomic E-state index is 11.6. The van der Waals surface area contributed by atoms with Crippen molar-refractivity contribution in [3.8, 4) is 0 Å². The Morgan fingerprint density at radius 3 is 2.64 bits per heavy atom. The molecular formula is C14H15N5O3. The maximum absolute atomic E-state index is 11.6. The molecule has 8 nitrogen and oxygen atoms in total. The van der Waals surface area contributed by atoms with Gasteiger partial charge in [-0.15, -0.1) is 0 Å². The summed E-state index contributed by atoms with van der Waals surface area (Å²) >= 11 is 0. The van der Waals surface area contributed by atoms with Gasteiger partial charge in [0.1, 0.15) is 12.2 Å². The van der Waals surface area contributed by atoms with E-state index in [4.69, 9.17) is 10.5 Å². The quantitative estimate of drug-likeness (QED) is 0.729. The van der Waals surface area contributed by atoms with Crippen molar-refractivity contribution < 1.29 is 14.3 Å². The lowest BCUT2D eigenvalue weighted by Crippen LogP contribution is -2.22. The van der Waals surface area contributed by atoms with Gasteiger partial charge in [0, 0.05) is 19.0 Å². The average Bonchev–Trinajstić information content (AvgIpc) is 2.48. The summed E-state index contributed by atoms with van der Waals surface area (Å²) in [5.74, 6) is -0.930. The molecule has 1 heterocycles. The van der Waals surface area contributed by atoms with Crippen molar-refractivity contribution in [3.05, 3.63) is 42.1 Å². The van der Waals surface area contributed by atoms with E-state index >= 15 is 0 Å². The number of benzene rings is 1. The second kappa shape index (κ2) is 7.14. The fourth-order valence-corrected chi connectivity index (χ4v) is 1.67. The van der Waals surface area contributed by atoms with E-state index in [1.807, 2.05) is 30.3 Å². The number of rotatable bonds is 6. The van der Waals surface area contributed by atoms with Crippen LogP contribution in [0.1, 0.15) is 10.4 Å². The molecule has 2 amide bonds. The van der Waals surface area contributed by atoms with Crippen LogP contribution in [0, 0.1) is 0 Å². The van der Waals surface area contributed by atoms with Crippen LogP contribution in [0.25, 0.3) is 0 Å². The Hall–Kier alpha value is -3.00. The van der Waals surface area contributed by atoms with Gasteiger partial charge in [-0.2, -0.15) is 4.98 Å². The summed E-state index contributed by atoms with van der Waals surface area (Å²) in [7, 11) is 1.39. The molecular weight excluding hydrogens is 286 g/mol. The van der Waals surface area contributed by atoms with Crippen molar-refractivity contribution in [2.24, 2.45) is 5.73 Å². The molecule has 114 valence electrons. The molecule has 0 saturated carbocycles. The number of nitrogens with zero attached hydrogens (tertiary/aromatic N) is 2. The number of primary amides is 1. The third-order valence-electron chi connectivity index (χ3n) is 2.62. The molecule has 1 aromatic heterocycles. The van der Waals surface area contributed by atoms with Gasteiger partial charge in [0.25, 0.3) is 11.8 Å². The zero-order valence-electron chi connectivity index (χ0n) is 11.9. The number of nitrogens with two attached hydrogens (primary N) is 1. The molecule has 0 aliphatic rings. The molecule has 2 aromatic rings. The zero-order chi connectivity index (χ0) is 15.9. The van der Waals surface area contributed by atoms with Crippen molar-refractivity contribution in [1.82, 2.24) is 9.97 Å². The Balaban J connectivity index is 2.26. The predicted molar refractivity (Wildman–Crippen MR) is 80.8 cm³/mol. The van der Waals surface area contributed by atoms with Crippen molar-refractivity contribution >= 4 is 29.3 Å². The molecule has 0 spiro atoms. The molecule has 0 radical (unpaired) electrons. The van der Waals surface area contributed by atoms with Gasteiger partial charge in [-0.1, -0.05) is 18.2 Å². The van der Waals surface area contributed by atoms with Crippen molar-refractivity contribution in [2.45, 2.75) is 0 Å². The Kier molecular flexibility index (Phi) is 4.99. The van der Waals surface area contributed by atoms with Gasteiger partial charge in [-0.25, -0.2) is 4.98 Å². The summed E-state index contributed by atoms with van der Waals surface area (Å²) in [4.78, 5) is 31.1. The van der Waals surface area contributed by atoms with Crippen LogP contribution in [-0.4, -0.2) is 35.5 Å². The maximum Gasteiger partial charge on any atom is 0.254 e. The average molecular weight is 301 g/mol. The van der Waals surface area contributed by atoms with Gasteiger partial charge >= 0.3 is 0 Å². The summed E-state index contributed by atoms with van der Waals surface area (Å²) in [6.07, 6.45) is 1.25. The van der Waals surface area contributed by atoms with Crippen LogP contribution < -0.4 is 16.4 Å².